The zero-order valence-corrected chi connectivity index (χ0v) is 13.8. The monoisotopic (exact) mass is 317 g/mol. The van der Waals surface area contributed by atoms with E-state index in [0.29, 0.717) is 24.8 Å². The van der Waals surface area contributed by atoms with E-state index in [1.807, 2.05) is 12.1 Å². The highest BCUT2D eigenvalue weighted by atomic mass is 19.1. The lowest BCUT2D eigenvalue weighted by Gasteiger charge is -2.13. The van der Waals surface area contributed by atoms with Gasteiger partial charge in [-0.2, -0.15) is 0 Å². The first-order valence-electron chi connectivity index (χ1n) is 8.27. The lowest BCUT2D eigenvalue weighted by Crippen LogP contribution is -2.04. The Kier molecular flexibility index (Phi) is 6.85. The molecule has 0 aliphatic carbocycles. The Bertz CT molecular complexity index is 599. The van der Waals surface area contributed by atoms with Crippen molar-refractivity contribution in [1.29, 1.82) is 0 Å². The second kappa shape index (κ2) is 9.13. The van der Waals surface area contributed by atoms with E-state index in [0.717, 1.165) is 36.9 Å². The van der Waals surface area contributed by atoms with Gasteiger partial charge in [0, 0.05) is 5.56 Å². The van der Waals surface area contributed by atoms with Crippen LogP contribution in [0, 0.1) is 5.82 Å². The topological polar surface area (TPSA) is 31.4 Å². The minimum Gasteiger partial charge on any atom is -0.488 e. The van der Waals surface area contributed by atoms with E-state index in [9.17, 15) is 4.39 Å². The lowest BCUT2D eigenvalue weighted by molar-refractivity contribution is 0.253. The van der Waals surface area contributed by atoms with Crippen molar-refractivity contribution in [2.75, 3.05) is 13.2 Å². The molecule has 0 atom stereocenters. The van der Waals surface area contributed by atoms with Gasteiger partial charge in [0.25, 0.3) is 5.88 Å². The molecule has 1 aromatic heterocycles. The number of nitrogens with zero attached hydrogens (tertiary/aromatic N) is 1. The summed E-state index contributed by atoms with van der Waals surface area (Å²) in [5.74, 6) is 0.921. The number of unbranched alkanes of at least 4 members (excludes halogenated alkanes) is 2. The molecule has 0 amide bonds. The molecule has 0 bridgehead atoms. The molecule has 0 unspecified atom stereocenters. The van der Waals surface area contributed by atoms with Crippen LogP contribution in [-0.2, 0) is 0 Å². The predicted octanol–water partition coefficient (Wildman–Crippen LogP) is 5.25. The van der Waals surface area contributed by atoms with Crippen LogP contribution < -0.4 is 9.47 Å². The van der Waals surface area contributed by atoms with E-state index >= 15 is 0 Å². The number of rotatable bonds is 9. The summed E-state index contributed by atoms with van der Waals surface area (Å²) in [4.78, 5) is 4.55. The van der Waals surface area contributed by atoms with Crippen molar-refractivity contribution in [3.05, 3.63) is 42.2 Å². The molecule has 1 heterocycles. The molecule has 0 saturated heterocycles. The molecule has 3 nitrogen and oxygen atoms in total. The SMILES string of the molecule is CCCCOc1ccc(-c2ccc(F)cc2)nc1OCCCC. The fourth-order valence-electron chi connectivity index (χ4n) is 2.06. The first-order valence-corrected chi connectivity index (χ1v) is 8.27. The zero-order chi connectivity index (χ0) is 16.5. The lowest BCUT2D eigenvalue weighted by atomic mass is 10.1. The van der Waals surface area contributed by atoms with E-state index in [2.05, 4.69) is 18.8 Å². The summed E-state index contributed by atoms with van der Waals surface area (Å²) in [5, 5.41) is 0. The fourth-order valence-corrected chi connectivity index (χ4v) is 2.06. The first-order chi connectivity index (χ1) is 11.2. The van der Waals surface area contributed by atoms with Crippen molar-refractivity contribution in [3.63, 3.8) is 0 Å². The Morgan fingerprint density at radius 3 is 2.17 bits per heavy atom. The van der Waals surface area contributed by atoms with Crippen LogP contribution in [0.1, 0.15) is 39.5 Å². The van der Waals surface area contributed by atoms with Gasteiger partial charge < -0.3 is 9.47 Å². The minimum absolute atomic E-state index is 0.257. The van der Waals surface area contributed by atoms with E-state index < -0.39 is 0 Å². The first kappa shape index (κ1) is 17.3. The molecule has 2 rings (SSSR count). The van der Waals surface area contributed by atoms with Gasteiger partial charge >= 0.3 is 0 Å². The smallest absolute Gasteiger partial charge is 0.257 e. The summed E-state index contributed by atoms with van der Waals surface area (Å²) < 4.78 is 24.6. The van der Waals surface area contributed by atoms with Crippen LogP contribution in [0.2, 0.25) is 0 Å². The number of aromatic nitrogens is 1. The molecule has 0 spiro atoms. The third kappa shape index (κ3) is 5.23. The van der Waals surface area contributed by atoms with Gasteiger partial charge in [-0.1, -0.05) is 26.7 Å². The summed E-state index contributed by atoms with van der Waals surface area (Å²) >= 11 is 0. The normalized spacial score (nSPS) is 10.6. The average Bonchev–Trinajstić information content (AvgIpc) is 2.57. The molecule has 0 fully saturated rings. The molecule has 0 aliphatic rings. The third-order valence-corrected chi connectivity index (χ3v) is 3.46. The highest BCUT2D eigenvalue weighted by molar-refractivity contribution is 5.61. The maximum atomic E-state index is 13.1. The third-order valence-electron chi connectivity index (χ3n) is 3.46. The maximum absolute atomic E-state index is 13.1. The number of pyridine rings is 1. The summed E-state index contributed by atoms with van der Waals surface area (Å²) in [6, 6.07) is 10.0. The van der Waals surface area contributed by atoms with Gasteiger partial charge in [-0.3, -0.25) is 0 Å². The predicted molar refractivity (Wildman–Crippen MR) is 90.4 cm³/mol. The second-order valence-electron chi connectivity index (χ2n) is 5.41. The van der Waals surface area contributed by atoms with Crippen molar-refractivity contribution >= 4 is 0 Å². The number of benzene rings is 1. The van der Waals surface area contributed by atoms with Gasteiger partial charge in [-0.25, -0.2) is 9.37 Å². The van der Waals surface area contributed by atoms with Crippen molar-refractivity contribution in [2.45, 2.75) is 39.5 Å². The quantitative estimate of drug-likeness (QED) is 0.592. The number of hydrogen-bond donors (Lipinski definition) is 0. The molecule has 0 aliphatic heterocycles. The van der Waals surface area contributed by atoms with Gasteiger partial charge in [0.05, 0.1) is 18.9 Å². The Hall–Kier alpha value is -2.10. The van der Waals surface area contributed by atoms with E-state index in [-0.39, 0.29) is 5.82 Å². The molecular formula is C19H24FNO2. The van der Waals surface area contributed by atoms with E-state index in [4.69, 9.17) is 9.47 Å². The Balaban J connectivity index is 2.20. The van der Waals surface area contributed by atoms with Crippen LogP contribution in [0.4, 0.5) is 4.39 Å². The van der Waals surface area contributed by atoms with E-state index in [1.54, 1.807) is 12.1 Å². The van der Waals surface area contributed by atoms with Crippen molar-refractivity contribution in [1.82, 2.24) is 4.98 Å². The summed E-state index contributed by atoms with van der Waals surface area (Å²) in [6.07, 6.45) is 4.10. The maximum Gasteiger partial charge on any atom is 0.257 e. The summed E-state index contributed by atoms with van der Waals surface area (Å²) in [5.41, 5.74) is 1.60. The minimum atomic E-state index is -0.257. The van der Waals surface area contributed by atoms with Gasteiger partial charge in [0.2, 0.25) is 0 Å². The molecule has 1 aromatic carbocycles. The van der Waals surface area contributed by atoms with Crippen LogP contribution in [0.5, 0.6) is 11.6 Å². The van der Waals surface area contributed by atoms with Crippen molar-refractivity contribution in [3.8, 4) is 22.9 Å². The van der Waals surface area contributed by atoms with E-state index in [1.165, 1.54) is 12.1 Å². The van der Waals surface area contributed by atoms with Crippen molar-refractivity contribution < 1.29 is 13.9 Å². The average molecular weight is 317 g/mol. The van der Waals surface area contributed by atoms with Crippen LogP contribution in [0.3, 0.4) is 0 Å². The Morgan fingerprint density at radius 1 is 0.870 bits per heavy atom. The molecule has 23 heavy (non-hydrogen) atoms. The molecule has 0 N–H and O–H groups in total. The second-order valence-corrected chi connectivity index (χ2v) is 5.41. The fraction of sp³-hybridized carbons (Fsp3) is 0.421. The van der Waals surface area contributed by atoms with Gasteiger partial charge in [-0.05, 0) is 49.2 Å². The largest absolute Gasteiger partial charge is 0.488 e. The number of hydrogen-bond acceptors (Lipinski definition) is 3. The number of halogens is 1. The van der Waals surface area contributed by atoms with Crippen LogP contribution in [-0.4, -0.2) is 18.2 Å². The molecular weight excluding hydrogens is 293 g/mol. The van der Waals surface area contributed by atoms with Crippen LogP contribution in [0.15, 0.2) is 36.4 Å². The zero-order valence-electron chi connectivity index (χ0n) is 13.8. The highest BCUT2D eigenvalue weighted by Gasteiger charge is 2.10. The molecule has 2 aromatic rings. The van der Waals surface area contributed by atoms with Crippen LogP contribution in [0.25, 0.3) is 11.3 Å². The molecule has 124 valence electrons. The molecule has 0 saturated carbocycles. The Morgan fingerprint density at radius 2 is 1.52 bits per heavy atom. The van der Waals surface area contributed by atoms with Crippen LogP contribution >= 0.6 is 0 Å². The molecule has 4 heteroatoms. The highest BCUT2D eigenvalue weighted by Crippen LogP contribution is 2.29. The summed E-state index contributed by atoms with van der Waals surface area (Å²) in [6.45, 7) is 5.50. The standard InChI is InChI=1S/C19H24FNO2/c1-3-5-13-22-18-12-11-17(15-7-9-16(20)10-8-15)21-19(18)23-14-6-4-2/h7-12H,3-6,13-14H2,1-2H3. The number of ether oxygens (including phenoxy) is 2. The van der Waals surface area contributed by atoms with Gasteiger partial charge in [0.15, 0.2) is 5.75 Å². The van der Waals surface area contributed by atoms with Gasteiger partial charge in [-0.15, -0.1) is 0 Å². The summed E-state index contributed by atoms with van der Waals surface area (Å²) in [7, 11) is 0. The van der Waals surface area contributed by atoms with Gasteiger partial charge in [0.1, 0.15) is 5.82 Å². The molecule has 0 radical (unpaired) electrons. The van der Waals surface area contributed by atoms with Crippen molar-refractivity contribution in [2.24, 2.45) is 0 Å². The Labute approximate surface area is 137 Å².